The Bertz CT molecular complexity index is 626. The molecule has 1 N–H and O–H groups in total. The Labute approximate surface area is 127 Å². The van der Waals surface area contributed by atoms with Gasteiger partial charge in [0.1, 0.15) is 5.82 Å². The summed E-state index contributed by atoms with van der Waals surface area (Å²) in [7, 11) is 1.87. The second-order valence-electron chi connectivity index (χ2n) is 4.53. The van der Waals surface area contributed by atoms with Crippen LogP contribution in [0.2, 0.25) is 0 Å². The molecule has 1 atom stereocenters. The van der Waals surface area contributed by atoms with Crippen molar-refractivity contribution in [2.75, 3.05) is 5.75 Å². The topological polar surface area (TPSA) is 59.8 Å². The molecule has 2 aromatic rings. The number of carbonyl (C=O) groups excluding carboxylic acids is 1. The normalized spacial score (nSPS) is 12.2. The maximum Gasteiger partial charge on any atom is 0.251 e. The zero-order valence-corrected chi connectivity index (χ0v) is 12.9. The Kier molecular flexibility index (Phi) is 4.95. The lowest BCUT2D eigenvalue weighted by molar-refractivity contribution is 0.0937. The second kappa shape index (κ2) is 6.71. The maximum absolute atomic E-state index is 12.9. The van der Waals surface area contributed by atoms with Crippen LogP contribution >= 0.6 is 11.8 Å². The average molecular weight is 308 g/mol. The van der Waals surface area contributed by atoms with Gasteiger partial charge in [0.25, 0.3) is 5.91 Å². The molecule has 1 heterocycles. The third kappa shape index (κ3) is 3.60. The van der Waals surface area contributed by atoms with Gasteiger partial charge in [0, 0.05) is 12.6 Å². The molecule has 21 heavy (non-hydrogen) atoms. The van der Waals surface area contributed by atoms with Crippen LogP contribution in [0.1, 0.15) is 36.1 Å². The van der Waals surface area contributed by atoms with E-state index in [0.717, 1.165) is 10.9 Å². The van der Waals surface area contributed by atoms with Gasteiger partial charge in [0.2, 0.25) is 0 Å². The number of rotatable bonds is 5. The fraction of sp³-hybridized carbons (Fsp3) is 0.357. The number of carbonyl (C=O) groups is 1. The van der Waals surface area contributed by atoms with E-state index in [4.69, 9.17) is 0 Å². The highest BCUT2D eigenvalue weighted by Gasteiger charge is 2.18. The van der Waals surface area contributed by atoms with Crippen LogP contribution in [-0.2, 0) is 7.05 Å². The zero-order valence-electron chi connectivity index (χ0n) is 12.1. The van der Waals surface area contributed by atoms with E-state index in [1.165, 1.54) is 24.3 Å². The second-order valence-corrected chi connectivity index (χ2v) is 5.77. The van der Waals surface area contributed by atoms with Gasteiger partial charge < -0.3 is 9.88 Å². The molecule has 0 unspecified atom stereocenters. The molecule has 0 spiro atoms. The molecule has 0 radical (unpaired) electrons. The van der Waals surface area contributed by atoms with Crippen molar-refractivity contribution in [2.24, 2.45) is 7.05 Å². The molecule has 0 aliphatic heterocycles. The first-order valence-corrected chi connectivity index (χ1v) is 7.60. The highest BCUT2D eigenvalue weighted by atomic mass is 32.2. The molecular weight excluding hydrogens is 291 g/mol. The van der Waals surface area contributed by atoms with Crippen LogP contribution in [0.4, 0.5) is 4.39 Å². The van der Waals surface area contributed by atoms with Crippen molar-refractivity contribution in [2.45, 2.75) is 25.0 Å². The minimum absolute atomic E-state index is 0.268. The smallest absolute Gasteiger partial charge is 0.251 e. The summed E-state index contributed by atoms with van der Waals surface area (Å²) in [4.78, 5) is 12.1. The Balaban J connectivity index is 2.08. The molecule has 1 amide bonds. The number of halogens is 1. The Morgan fingerprint density at radius 1 is 1.38 bits per heavy atom. The van der Waals surface area contributed by atoms with Crippen molar-refractivity contribution >= 4 is 17.7 Å². The van der Waals surface area contributed by atoms with E-state index >= 15 is 0 Å². The van der Waals surface area contributed by atoms with E-state index in [-0.39, 0.29) is 17.8 Å². The molecule has 2 rings (SSSR count). The first-order valence-electron chi connectivity index (χ1n) is 6.61. The largest absolute Gasteiger partial charge is 0.342 e. The average Bonchev–Trinajstić information content (AvgIpc) is 2.81. The van der Waals surface area contributed by atoms with Crippen molar-refractivity contribution in [3.05, 3.63) is 41.5 Å². The summed E-state index contributed by atoms with van der Waals surface area (Å²) < 4.78 is 14.7. The molecule has 0 fully saturated rings. The summed E-state index contributed by atoms with van der Waals surface area (Å²) >= 11 is 1.59. The van der Waals surface area contributed by atoms with Gasteiger partial charge in [-0.3, -0.25) is 4.79 Å². The predicted molar refractivity (Wildman–Crippen MR) is 79.7 cm³/mol. The van der Waals surface area contributed by atoms with Gasteiger partial charge in [-0.05, 0) is 36.9 Å². The lowest BCUT2D eigenvalue weighted by Crippen LogP contribution is -2.28. The lowest BCUT2D eigenvalue weighted by atomic mass is 10.2. The van der Waals surface area contributed by atoms with E-state index in [9.17, 15) is 9.18 Å². The summed E-state index contributed by atoms with van der Waals surface area (Å²) in [6.07, 6.45) is 0. The Morgan fingerprint density at radius 3 is 2.67 bits per heavy atom. The van der Waals surface area contributed by atoms with Crippen molar-refractivity contribution in [3.8, 4) is 0 Å². The molecule has 5 nitrogen and oxygen atoms in total. The Hall–Kier alpha value is -1.89. The number of hydrogen-bond acceptors (Lipinski definition) is 4. The fourth-order valence-corrected chi connectivity index (χ4v) is 2.55. The number of nitrogens with one attached hydrogen (secondary N) is 1. The predicted octanol–water partition coefficient (Wildman–Crippen LogP) is 2.56. The third-order valence-electron chi connectivity index (χ3n) is 2.98. The van der Waals surface area contributed by atoms with Crippen molar-refractivity contribution in [3.63, 3.8) is 0 Å². The molecule has 0 aliphatic rings. The number of hydrogen-bond donors (Lipinski definition) is 1. The van der Waals surface area contributed by atoms with Crippen LogP contribution in [0, 0.1) is 5.82 Å². The molecule has 0 aliphatic carbocycles. The zero-order chi connectivity index (χ0) is 15.4. The van der Waals surface area contributed by atoms with Crippen LogP contribution in [0.25, 0.3) is 0 Å². The maximum atomic E-state index is 12.9. The summed E-state index contributed by atoms with van der Waals surface area (Å²) in [6, 6.07) is 5.14. The van der Waals surface area contributed by atoms with E-state index in [1.54, 1.807) is 11.8 Å². The summed E-state index contributed by atoms with van der Waals surface area (Å²) in [5, 5.41) is 11.9. The van der Waals surface area contributed by atoms with Crippen LogP contribution in [-0.4, -0.2) is 26.4 Å². The van der Waals surface area contributed by atoms with E-state index < -0.39 is 0 Å². The standard InChI is InChI=1S/C14H17FN4OS/c1-4-21-14-18-17-12(19(14)3)9(2)16-13(20)10-5-7-11(15)8-6-10/h5-9H,4H2,1-3H3,(H,16,20)/t9-/m1/s1. The van der Waals surface area contributed by atoms with E-state index in [1.807, 2.05) is 25.5 Å². The van der Waals surface area contributed by atoms with Gasteiger partial charge in [0.05, 0.1) is 6.04 Å². The molecule has 0 saturated carbocycles. The van der Waals surface area contributed by atoms with Crippen LogP contribution < -0.4 is 5.32 Å². The number of thioether (sulfide) groups is 1. The third-order valence-corrected chi connectivity index (χ3v) is 3.89. The van der Waals surface area contributed by atoms with Gasteiger partial charge in [-0.2, -0.15) is 0 Å². The monoisotopic (exact) mass is 308 g/mol. The van der Waals surface area contributed by atoms with Crippen molar-refractivity contribution in [1.82, 2.24) is 20.1 Å². The lowest BCUT2D eigenvalue weighted by Gasteiger charge is -2.13. The fourth-order valence-electron chi connectivity index (χ4n) is 1.90. The minimum atomic E-state index is -0.367. The summed E-state index contributed by atoms with van der Waals surface area (Å²) in [6.45, 7) is 3.88. The number of nitrogens with zero attached hydrogens (tertiary/aromatic N) is 3. The summed E-state index contributed by atoms with van der Waals surface area (Å²) in [5.74, 6) is 0.952. The molecule has 1 aromatic carbocycles. The quantitative estimate of drug-likeness (QED) is 0.862. The SMILES string of the molecule is CCSc1nnc([C@@H](C)NC(=O)c2ccc(F)cc2)n1C. The van der Waals surface area contributed by atoms with Gasteiger partial charge in [-0.15, -0.1) is 10.2 Å². The Morgan fingerprint density at radius 2 is 2.05 bits per heavy atom. The van der Waals surface area contributed by atoms with Gasteiger partial charge in [-0.25, -0.2) is 4.39 Å². The first kappa shape index (κ1) is 15.5. The van der Waals surface area contributed by atoms with Crippen LogP contribution in [0.5, 0.6) is 0 Å². The minimum Gasteiger partial charge on any atom is -0.342 e. The van der Waals surface area contributed by atoms with Gasteiger partial charge in [-0.1, -0.05) is 18.7 Å². The molecule has 1 aromatic heterocycles. The van der Waals surface area contributed by atoms with Gasteiger partial charge >= 0.3 is 0 Å². The molecular formula is C14H17FN4OS. The van der Waals surface area contributed by atoms with Crippen LogP contribution in [0.15, 0.2) is 29.4 Å². The number of benzene rings is 1. The molecule has 7 heteroatoms. The molecule has 0 bridgehead atoms. The van der Waals surface area contributed by atoms with E-state index in [2.05, 4.69) is 15.5 Å². The van der Waals surface area contributed by atoms with Crippen molar-refractivity contribution < 1.29 is 9.18 Å². The van der Waals surface area contributed by atoms with E-state index in [0.29, 0.717) is 11.4 Å². The van der Waals surface area contributed by atoms with Crippen molar-refractivity contribution in [1.29, 1.82) is 0 Å². The highest BCUT2D eigenvalue weighted by Crippen LogP contribution is 2.18. The molecule has 0 saturated heterocycles. The number of aromatic nitrogens is 3. The van der Waals surface area contributed by atoms with Gasteiger partial charge in [0.15, 0.2) is 11.0 Å². The summed E-state index contributed by atoms with van der Waals surface area (Å²) in [5.41, 5.74) is 0.411. The molecule has 112 valence electrons. The first-order chi connectivity index (χ1) is 10.0. The number of amides is 1. The highest BCUT2D eigenvalue weighted by molar-refractivity contribution is 7.99. The van der Waals surface area contributed by atoms with Crippen LogP contribution in [0.3, 0.4) is 0 Å².